The summed E-state index contributed by atoms with van der Waals surface area (Å²) in [6, 6.07) is 25.3. The van der Waals surface area contributed by atoms with Gasteiger partial charge in [0, 0.05) is 22.8 Å². The topological polar surface area (TPSA) is 65.5 Å². The van der Waals surface area contributed by atoms with E-state index in [-0.39, 0.29) is 5.91 Å². The molecule has 5 nitrogen and oxygen atoms in total. The zero-order valence-electron chi connectivity index (χ0n) is 17.7. The number of pyridine rings is 1. The SMILES string of the molecule is Cc1cc(C(=O)N2CC(O)(c3ccccc3)C2)ccc1NSc1cccc2cccnc12. The third kappa shape index (κ3) is 3.83. The molecule has 1 amide bonds. The van der Waals surface area contributed by atoms with Gasteiger partial charge < -0.3 is 14.7 Å². The molecule has 5 rings (SSSR count). The van der Waals surface area contributed by atoms with Crippen LogP contribution in [0.3, 0.4) is 0 Å². The summed E-state index contributed by atoms with van der Waals surface area (Å²) in [5, 5.41) is 11.9. The number of anilines is 1. The van der Waals surface area contributed by atoms with Crippen molar-refractivity contribution in [1.82, 2.24) is 9.88 Å². The van der Waals surface area contributed by atoms with Gasteiger partial charge in [0.1, 0.15) is 5.60 Å². The lowest BCUT2D eigenvalue weighted by Gasteiger charge is -2.46. The highest BCUT2D eigenvalue weighted by Crippen LogP contribution is 2.34. The molecule has 0 saturated carbocycles. The number of β-amino-alcohol motifs (C(OH)–C–C–N with tert-alkyl or cyclic N) is 1. The molecule has 0 bridgehead atoms. The Labute approximate surface area is 191 Å². The van der Waals surface area contributed by atoms with Crippen molar-refractivity contribution in [3.05, 3.63) is 102 Å². The molecule has 4 aromatic rings. The van der Waals surface area contributed by atoms with Gasteiger partial charge in [-0.15, -0.1) is 0 Å². The second-order valence-corrected chi connectivity index (χ2v) is 8.97. The van der Waals surface area contributed by atoms with Crippen LogP contribution < -0.4 is 4.72 Å². The van der Waals surface area contributed by atoms with Crippen molar-refractivity contribution in [2.75, 3.05) is 17.8 Å². The Morgan fingerprint density at radius 2 is 1.81 bits per heavy atom. The molecule has 3 aromatic carbocycles. The first-order chi connectivity index (χ1) is 15.5. The molecule has 1 aromatic heterocycles. The Morgan fingerprint density at radius 3 is 2.59 bits per heavy atom. The number of amides is 1. The molecule has 1 aliphatic heterocycles. The molecular weight excluding hydrogens is 418 g/mol. The Balaban J connectivity index is 1.26. The predicted octanol–water partition coefficient (Wildman–Crippen LogP) is 5.01. The second-order valence-electron chi connectivity index (χ2n) is 8.12. The smallest absolute Gasteiger partial charge is 0.254 e. The number of carbonyl (C=O) groups is 1. The van der Waals surface area contributed by atoms with Gasteiger partial charge in [0.15, 0.2) is 0 Å². The van der Waals surface area contributed by atoms with E-state index in [4.69, 9.17) is 0 Å². The molecule has 0 aliphatic carbocycles. The Kier molecular flexibility index (Phi) is 5.33. The highest BCUT2D eigenvalue weighted by atomic mass is 32.2. The number of fused-ring (bicyclic) bond motifs is 1. The van der Waals surface area contributed by atoms with E-state index in [2.05, 4.69) is 9.71 Å². The van der Waals surface area contributed by atoms with Gasteiger partial charge in [-0.05, 0) is 60.3 Å². The molecule has 2 N–H and O–H groups in total. The van der Waals surface area contributed by atoms with E-state index in [9.17, 15) is 9.90 Å². The van der Waals surface area contributed by atoms with E-state index >= 15 is 0 Å². The fraction of sp³-hybridized carbons (Fsp3) is 0.154. The molecule has 160 valence electrons. The van der Waals surface area contributed by atoms with E-state index in [1.165, 1.54) is 11.9 Å². The van der Waals surface area contributed by atoms with E-state index in [1.54, 1.807) is 11.1 Å². The van der Waals surface area contributed by atoms with Crippen LogP contribution in [-0.4, -0.2) is 34.0 Å². The lowest BCUT2D eigenvalue weighted by molar-refractivity contribution is -0.0863. The van der Waals surface area contributed by atoms with E-state index in [1.807, 2.05) is 85.8 Å². The lowest BCUT2D eigenvalue weighted by Crippen LogP contribution is -2.61. The second kappa shape index (κ2) is 8.30. The van der Waals surface area contributed by atoms with Gasteiger partial charge in [-0.2, -0.15) is 0 Å². The molecule has 0 atom stereocenters. The summed E-state index contributed by atoms with van der Waals surface area (Å²) >= 11 is 1.51. The van der Waals surface area contributed by atoms with Crippen LogP contribution in [0.15, 0.2) is 90.0 Å². The normalized spacial score (nSPS) is 14.8. The van der Waals surface area contributed by atoms with Gasteiger partial charge in [0.25, 0.3) is 5.91 Å². The number of carbonyl (C=O) groups excluding carboxylic acids is 1. The summed E-state index contributed by atoms with van der Waals surface area (Å²) in [5.41, 5.74) is 3.40. The van der Waals surface area contributed by atoms with Crippen LogP contribution in [0.1, 0.15) is 21.5 Å². The number of likely N-dealkylation sites (tertiary alicyclic amines) is 1. The molecular formula is C26H23N3O2S. The first-order valence-corrected chi connectivity index (χ1v) is 11.3. The highest BCUT2D eigenvalue weighted by molar-refractivity contribution is 8.00. The first-order valence-electron chi connectivity index (χ1n) is 10.5. The Morgan fingerprint density at radius 1 is 1.03 bits per heavy atom. The third-order valence-electron chi connectivity index (χ3n) is 5.84. The average molecular weight is 442 g/mol. The van der Waals surface area contributed by atoms with E-state index < -0.39 is 5.60 Å². The van der Waals surface area contributed by atoms with Gasteiger partial charge in [-0.25, -0.2) is 0 Å². The quantitative estimate of drug-likeness (QED) is 0.427. The maximum atomic E-state index is 12.9. The van der Waals surface area contributed by atoms with Crippen LogP contribution >= 0.6 is 11.9 Å². The summed E-state index contributed by atoms with van der Waals surface area (Å²) < 4.78 is 3.39. The molecule has 32 heavy (non-hydrogen) atoms. The number of hydrogen-bond acceptors (Lipinski definition) is 5. The number of hydrogen-bond donors (Lipinski definition) is 2. The van der Waals surface area contributed by atoms with Gasteiger partial charge in [0.2, 0.25) is 0 Å². The molecule has 0 unspecified atom stereocenters. The summed E-state index contributed by atoms with van der Waals surface area (Å²) in [6.45, 7) is 2.59. The number of para-hydroxylation sites is 1. The van der Waals surface area contributed by atoms with Gasteiger partial charge in [0.05, 0.1) is 23.5 Å². The minimum atomic E-state index is -0.962. The number of aryl methyl sites for hydroxylation is 1. The van der Waals surface area contributed by atoms with Crippen molar-refractivity contribution < 1.29 is 9.90 Å². The summed E-state index contributed by atoms with van der Waals surface area (Å²) in [4.78, 5) is 20.1. The number of nitrogens with zero attached hydrogens (tertiary/aromatic N) is 2. The van der Waals surface area contributed by atoms with Crippen molar-refractivity contribution in [2.45, 2.75) is 17.4 Å². The van der Waals surface area contributed by atoms with Gasteiger partial charge >= 0.3 is 0 Å². The lowest BCUT2D eigenvalue weighted by atomic mass is 9.85. The monoisotopic (exact) mass is 441 g/mol. The van der Waals surface area contributed by atoms with Crippen LogP contribution in [0.4, 0.5) is 5.69 Å². The number of rotatable bonds is 5. The molecule has 1 aliphatic rings. The molecule has 6 heteroatoms. The molecule has 0 radical (unpaired) electrons. The fourth-order valence-corrected chi connectivity index (χ4v) is 4.88. The predicted molar refractivity (Wildman–Crippen MR) is 129 cm³/mol. The standard InChI is InChI=1S/C26H23N3O2S/c1-18-15-20(25(30)29-16-26(31,17-29)21-9-3-2-4-10-21)12-13-22(18)28-32-23-11-5-7-19-8-6-14-27-24(19)23/h2-15,28,31H,16-17H2,1H3. The number of aliphatic hydroxyl groups is 1. The third-order valence-corrected chi connectivity index (χ3v) is 6.71. The fourth-order valence-electron chi connectivity index (χ4n) is 4.02. The zero-order valence-corrected chi connectivity index (χ0v) is 18.5. The maximum Gasteiger partial charge on any atom is 0.254 e. The molecule has 1 saturated heterocycles. The van der Waals surface area contributed by atoms with Crippen molar-refractivity contribution in [2.24, 2.45) is 0 Å². The van der Waals surface area contributed by atoms with Crippen LogP contribution in [0.5, 0.6) is 0 Å². The molecule has 0 spiro atoms. The summed E-state index contributed by atoms with van der Waals surface area (Å²) in [6.07, 6.45) is 1.80. The average Bonchev–Trinajstić information content (AvgIpc) is 2.81. The van der Waals surface area contributed by atoms with Crippen molar-refractivity contribution in [3.63, 3.8) is 0 Å². The van der Waals surface area contributed by atoms with E-state index in [0.717, 1.165) is 32.6 Å². The summed E-state index contributed by atoms with van der Waals surface area (Å²) in [5.74, 6) is -0.0637. The Hall–Kier alpha value is -3.35. The van der Waals surface area contributed by atoms with Crippen LogP contribution in [0.2, 0.25) is 0 Å². The molecule has 1 fully saturated rings. The minimum Gasteiger partial charge on any atom is -0.381 e. The number of benzene rings is 3. The van der Waals surface area contributed by atoms with Gasteiger partial charge in [-0.3, -0.25) is 9.78 Å². The minimum absolute atomic E-state index is 0.0637. The van der Waals surface area contributed by atoms with Crippen LogP contribution in [0, 0.1) is 6.92 Å². The summed E-state index contributed by atoms with van der Waals surface area (Å²) in [7, 11) is 0. The first kappa shape index (κ1) is 20.5. The Bertz CT molecular complexity index is 1280. The van der Waals surface area contributed by atoms with Crippen molar-refractivity contribution in [3.8, 4) is 0 Å². The maximum absolute atomic E-state index is 12.9. The van der Waals surface area contributed by atoms with Crippen molar-refractivity contribution >= 4 is 34.4 Å². The van der Waals surface area contributed by atoms with Gasteiger partial charge in [-0.1, -0.05) is 48.5 Å². The van der Waals surface area contributed by atoms with Crippen molar-refractivity contribution in [1.29, 1.82) is 0 Å². The van der Waals surface area contributed by atoms with E-state index in [0.29, 0.717) is 18.7 Å². The highest BCUT2D eigenvalue weighted by Gasteiger charge is 2.45. The van der Waals surface area contributed by atoms with Crippen LogP contribution in [0.25, 0.3) is 10.9 Å². The zero-order chi connectivity index (χ0) is 22.1. The largest absolute Gasteiger partial charge is 0.381 e. The van der Waals surface area contributed by atoms with Crippen LogP contribution in [-0.2, 0) is 5.60 Å². The number of aromatic nitrogens is 1. The molecule has 2 heterocycles. The number of nitrogens with one attached hydrogen (secondary N) is 1.